The number of carboxylic acid groups (broad SMARTS) is 1. The lowest BCUT2D eigenvalue weighted by Gasteiger charge is -2.13. The number of rotatable bonds is 6. The Morgan fingerprint density at radius 2 is 2.08 bits per heavy atom. The van der Waals surface area contributed by atoms with Crippen LogP contribution in [0.5, 0.6) is 0 Å². The molecule has 0 bridgehead atoms. The van der Waals surface area contributed by atoms with E-state index in [0.29, 0.717) is 12.2 Å². The second-order valence-corrected chi connectivity index (χ2v) is 6.17. The number of aromatic nitrogens is 4. The quantitative estimate of drug-likeness (QED) is 0.693. The molecule has 3 rings (SSSR count). The SMILES string of the molecule is Cc1cccc(CC(CNC(=O)c2nc3nccc(C)n3n2)C(=O)O)c1. The molecule has 2 aromatic heterocycles. The number of carboxylic acids is 1. The van der Waals surface area contributed by atoms with Crippen LogP contribution in [-0.2, 0) is 11.2 Å². The molecule has 0 saturated carbocycles. The minimum absolute atomic E-state index is 0.00985. The molecule has 1 unspecified atom stereocenters. The summed E-state index contributed by atoms with van der Waals surface area (Å²) in [6.07, 6.45) is 1.92. The number of nitrogens with one attached hydrogen (secondary N) is 1. The van der Waals surface area contributed by atoms with Gasteiger partial charge in [0, 0.05) is 18.4 Å². The number of benzene rings is 1. The lowest BCUT2D eigenvalue weighted by atomic mass is 9.98. The summed E-state index contributed by atoms with van der Waals surface area (Å²) in [7, 11) is 0. The van der Waals surface area contributed by atoms with Gasteiger partial charge in [0.25, 0.3) is 11.7 Å². The molecule has 2 heterocycles. The molecule has 8 heteroatoms. The lowest BCUT2D eigenvalue weighted by Crippen LogP contribution is -2.34. The van der Waals surface area contributed by atoms with Crippen molar-refractivity contribution in [3.05, 3.63) is 59.2 Å². The van der Waals surface area contributed by atoms with E-state index >= 15 is 0 Å². The summed E-state index contributed by atoms with van der Waals surface area (Å²) in [6.45, 7) is 3.77. The Morgan fingerprint density at radius 3 is 2.77 bits per heavy atom. The van der Waals surface area contributed by atoms with Gasteiger partial charge >= 0.3 is 5.97 Å². The van der Waals surface area contributed by atoms with Crippen LogP contribution >= 0.6 is 0 Å². The summed E-state index contributed by atoms with van der Waals surface area (Å²) < 4.78 is 1.47. The average molecular weight is 353 g/mol. The molecule has 134 valence electrons. The van der Waals surface area contributed by atoms with E-state index in [0.717, 1.165) is 16.8 Å². The molecular formula is C18H19N5O3. The minimum atomic E-state index is -0.965. The molecule has 0 fully saturated rings. The normalized spacial score (nSPS) is 12.1. The fourth-order valence-electron chi connectivity index (χ4n) is 2.67. The first kappa shape index (κ1) is 17.5. The number of aliphatic carboxylic acids is 1. The van der Waals surface area contributed by atoms with Gasteiger partial charge in [-0.3, -0.25) is 9.59 Å². The molecule has 1 atom stereocenters. The van der Waals surface area contributed by atoms with E-state index in [1.165, 1.54) is 4.52 Å². The van der Waals surface area contributed by atoms with Crippen LogP contribution in [0.3, 0.4) is 0 Å². The van der Waals surface area contributed by atoms with E-state index in [4.69, 9.17) is 0 Å². The van der Waals surface area contributed by atoms with Crippen molar-refractivity contribution in [3.63, 3.8) is 0 Å². The van der Waals surface area contributed by atoms with Gasteiger partial charge in [-0.15, -0.1) is 5.10 Å². The van der Waals surface area contributed by atoms with Gasteiger partial charge in [-0.25, -0.2) is 9.50 Å². The first-order chi connectivity index (χ1) is 12.4. The van der Waals surface area contributed by atoms with Gasteiger partial charge in [0.1, 0.15) is 0 Å². The van der Waals surface area contributed by atoms with Crippen LogP contribution in [0, 0.1) is 19.8 Å². The first-order valence-electron chi connectivity index (χ1n) is 8.19. The summed E-state index contributed by atoms with van der Waals surface area (Å²) in [5.41, 5.74) is 2.77. The largest absolute Gasteiger partial charge is 0.481 e. The summed E-state index contributed by atoms with van der Waals surface area (Å²) in [5, 5.41) is 16.2. The highest BCUT2D eigenvalue weighted by Crippen LogP contribution is 2.11. The smallest absolute Gasteiger partial charge is 0.308 e. The Kier molecular flexibility index (Phi) is 4.92. The topological polar surface area (TPSA) is 109 Å². The average Bonchev–Trinajstić information content (AvgIpc) is 3.04. The monoisotopic (exact) mass is 353 g/mol. The lowest BCUT2D eigenvalue weighted by molar-refractivity contribution is -0.141. The maximum absolute atomic E-state index is 12.3. The molecule has 1 aromatic carbocycles. The Morgan fingerprint density at radius 1 is 1.27 bits per heavy atom. The van der Waals surface area contributed by atoms with Crippen molar-refractivity contribution >= 4 is 17.7 Å². The van der Waals surface area contributed by atoms with Gasteiger partial charge in [0.2, 0.25) is 5.82 Å². The molecule has 2 N–H and O–H groups in total. The van der Waals surface area contributed by atoms with Crippen molar-refractivity contribution < 1.29 is 14.7 Å². The summed E-state index contributed by atoms with van der Waals surface area (Å²) in [4.78, 5) is 31.9. The van der Waals surface area contributed by atoms with E-state index in [9.17, 15) is 14.7 Å². The molecule has 0 radical (unpaired) electrons. The Balaban J connectivity index is 1.69. The van der Waals surface area contributed by atoms with E-state index in [1.54, 1.807) is 12.3 Å². The number of hydrogen-bond donors (Lipinski definition) is 2. The third-order valence-corrected chi connectivity index (χ3v) is 4.06. The van der Waals surface area contributed by atoms with Gasteiger partial charge in [-0.1, -0.05) is 29.8 Å². The van der Waals surface area contributed by atoms with Gasteiger partial charge in [0.15, 0.2) is 0 Å². The number of aryl methyl sites for hydroxylation is 2. The van der Waals surface area contributed by atoms with Gasteiger partial charge in [-0.05, 0) is 31.9 Å². The number of amides is 1. The fourth-order valence-corrected chi connectivity index (χ4v) is 2.67. The molecule has 8 nitrogen and oxygen atoms in total. The molecule has 1 amide bonds. The van der Waals surface area contributed by atoms with Crippen LogP contribution in [0.15, 0.2) is 36.5 Å². The van der Waals surface area contributed by atoms with E-state index < -0.39 is 17.8 Å². The Hall–Kier alpha value is -3.29. The molecule has 0 spiro atoms. The molecule has 0 saturated heterocycles. The van der Waals surface area contributed by atoms with Crippen molar-refractivity contribution in [1.82, 2.24) is 24.9 Å². The molecule has 0 aliphatic carbocycles. The van der Waals surface area contributed by atoms with Gasteiger partial charge in [-0.2, -0.15) is 4.98 Å². The third kappa shape index (κ3) is 3.85. The second-order valence-electron chi connectivity index (χ2n) is 6.17. The molecule has 0 aliphatic heterocycles. The minimum Gasteiger partial charge on any atom is -0.481 e. The molecule has 26 heavy (non-hydrogen) atoms. The summed E-state index contributed by atoms with van der Waals surface area (Å²) >= 11 is 0. The van der Waals surface area contributed by atoms with Crippen LogP contribution in [0.4, 0.5) is 0 Å². The number of carbonyl (C=O) groups is 2. The number of nitrogens with zero attached hydrogens (tertiary/aromatic N) is 4. The van der Waals surface area contributed by atoms with Crippen molar-refractivity contribution in [2.45, 2.75) is 20.3 Å². The van der Waals surface area contributed by atoms with Crippen molar-refractivity contribution in [3.8, 4) is 0 Å². The van der Waals surface area contributed by atoms with Crippen LogP contribution in [0.25, 0.3) is 5.78 Å². The van der Waals surface area contributed by atoms with Gasteiger partial charge < -0.3 is 10.4 Å². The molecule has 0 aliphatic rings. The third-order valence-electron chi connectivity index (χ3n) is 4.06. The van der Waals surface area contributed by atoms with Crippen LogP contribution in [0.2, 0.25) is 0 Å². The Bertz CT molecular complexity index is 966. The summed E-state index contributed by atoms with van der Waals surface area (Å²) in [6, 6.07) is 9.41. The van der Waals surface area contributed by atoms with E-state index in [-0.39, 0.29) is 12.4 Å². The number of carbonyl (C=O) groups excluding carboxylic acids is 1. The second kappa shape index (κ2) is 7.30. The molecular weight excluding hydrogens is 334 g/mol. The zero-order chi connectivity index (χ0) is 18.7. The van der Waals surface area contributed by atoms with Crippen LogP contribution in [-0.4, -0.2) is 43.1 Å². The number of hydrogen-bond acceptors (Lipinski definition) is 5. The fraction of sp³-hybridized carbons (Fsp3) is 0.278. The predicted octanol–water partition coefficient (Wildman–Crippen LogP) is 1.41. The summed E-state index contributed by atoms with van der Waals surface area (Å²) in [5.74, 6) is -1.94. The zero-order valence-corrected chi connectivity index (χ0v) is 14.5. The first-order valence-corrected chi connectivity index (χ1v) is 8.19. The van der Waals surface area contributed by atoms with Crippen LogP contribution in [0.1, 0.15) is 27.4 Å². The zero-order valence-electron chi connectivity index (χ0n) is 14.5. The standard InChI is InChI=1S/C18H19N5O3/c1-11-4-3-5-13(8-11)9-14(17(25)26)10-20-16(24)15-21-18-19-7-6-12(2)23(18)22-15/h3-8,14H,9-10H2,1-2H3,(H,20,24)(H,25,26). The highest BCUT2D eigenvalue weighted by atomic mass is 16.4. The van der Waals surface area contributed by atoms with Crippen molar-refractivity contribution in [2.24, 2.45) is 5.92 Å². The van der Waals surface area contributed by atoms with Gasteiger partial charge in [0.05, 0.1) is 5.92 Å². The van der Waals surface area contributed by atoms with Crippen molar-refractivity contribution in [2.75, 3.05) is 6.54 Å². The van der Waals surface area contributed by atoms with Crippen LogP contribution < -0.4 is 5.32 Å². The van der Waals surface area contributed by atoms with Crippen molar-refractivity contribution in [1.29, 1.82) is 0 Å². The number of fused-ring (bicyclic) bond motifs is 1. The predicted molar refractivity (Wildman–Crippen MR) is 93.9 cm³/mol. The van der Waals surface area contributed by atoms with E-state index in [1.807, 2.05) is 38.1 Å². The molecule has 3 aromatic rings. The maximum atomic E-state index is 12.3. The maximum Gasteiger partial charge on any atom is 0.308 e. The Labute approximate surface area is 149 Å². The van der Waals surface area contributed by atoms with E-state index in [2.05, 4.69) is 20.4 Å². The highest BCUT2D eigenvalue weighted by Gasteiger charge is 2.21. The highest BCUT2D eigenvalue weighted by molar-refractivity contribution is 5.91.